The van der Waals surface area contributed by atoms with Crippen LogP contribution >= 0.6 is 0 Å². The van der Waals surface area contributed by atoms with Crippen molar-refractivity contribution in [3.05, 3.63) is 0 Å². The second-order valence-corrected chi connectivity index (χ2v) is 3.35. The molecule has 0 bridgehead atoms. The predicted molar refractivity (Wildman–Crippen MR) is 40.9 cm³/mol. The molecule has 2 nitrogen and oxygen atoms in total. The summed E-state index contributed by atoms with van der Waals surface area (Å²) in [6.45, 7) is 2.18. The quantitative estimate of drug-likeness (QED) is 0.592. The lowest BCUT2D eigenvalue weighted by Gasteiger charge is -2.32. The third-order valence-corrected chi connectivity index (χ3v) is 2.51. The molecule has 0 aromatic heterocycles. The van der Waals surface area contributed by atoms with Crippen LogP contribution in [0, 0.1) is 0 Å². The van der Waals surface area contributed by atoms with Gasteiger partial charge in [-0.15, -0.1) is 0 Å². The summed E-state index contributed by atoms with van der Waals surface area (Å²) in [5, 5.41) is 3.25. The first-order valence-electron chi connectivity index (χ1n) is 3.87. The molecule has 1 saturated carbocycles. The fourth-order valence-corrected chi connectivity index (χ4v) is 1.33. The van der Waals surface area contributed by atoms with Crippen LogP contribution in [-0.2, 0) is 4.79 Å². The van der Waals surface area contributed by atoms with Crippen molar-refractivity contribution >= 4 is 5.78 Å². The monoisotopic (exact) mass is 141 g/mol. The molecule has 0 atom stereocenters. The van der Waals surface area contributed by atoms with Crippen molar-refractivity contribution in [1.82, 2.24) is 5.32 Å². The van der Waals surface area contributed by atoms with Crippen LogP contribution in [0.2, 0.25) is 0 Å². The van der Waals surface area contributed by atoms with Gasteiger partial charge in [-0.05, 0) is 26.8 Å². The zero-order chi connectivity index (χ0) is 7.61. The maximum Gasteiger partial charge on any atom is 0.133 e. The maximum absolute atomic E-state index is 10.8. The molecule has 0 aromatic rings. The molecule has 10 heavy (non-hydrogen) atoms. The van der Waals surface area contributed by atoms with Gasteiger partial charge in [0, 0.05) is 18.4 Å². The molecule has 1 aliphatic carbocycles. The average molecular weight is 141 g/mol. The lowest BCUT2D eigenvalue weighted by atomic mass is 9.83. The van der Waals surface area contributed by atoms with E-state index in [1.165, 1.54) is 0 Å². The molecular formula is C8H15NO. The van der Waals surface area contributed by atoms with Crippen molar-refractivity contribution in [2.45, 2.75) is 38.1 Å². The third kappa shape index (κ3) is 1.57. The van der Waals surface area contributed by atoms with Crippen LogP contribution in [0.25, 0.3) is 0 Å². The van der Waals surface area contributed by atoms with Crippen LogP contribution in [0.5, 0.6) is 0 Å². The summed E-state index contributed by atoms with van der Waals surface area (Å²) in [5.74, 6) is 0.424. The van der Waals surface area contributed by atoms with E-state index in [0.717, 1.165) is 25.7 Å². The Morgan fingerprint density at radius 1 is 1.40 bits per heavy atom. The first-order chi connectivity index (χ1) is 4.66. The molecule has 1 aliphatic rings. The Balaban J connectivity index is 2.46. The predicted octanol–water partition coefficient (Wildman–Crippen LogP) is 1.11. The van der Waals surface area contributed by atoms with E-state index in [4.69, 9.17) is 0 Å². The minimum absolute atomic E-state index is 0.230. The summed E-state index contributed by atoms with van der Waals surface area (Å²) < 4.78 is 0. The Hall–Kier alpha value is -0.370. The highest BCUT2D eigenvalue weighted by Crippen LogP contribution is 2.24. The van der Waals surface area contributed by atoms with Gasteiger partial charge in [0.25, 0.3) is 0 Å². The topological polar surface area (TPSA) is 29.1 Å². The number of nitrogens with one attached hydrogen (secondary N) is 1. The van der Waals surface area contributed by atoms with E-state index in [1.807, 2.05) is 7.05 Å². The second-order valence-electron chi connectivity index (χ2n) is 3.35. The second kappa shape index (κ2) is 2.70. The molecule has 0 radical (unpaired) electrons. The standard InChI is InChI=1S/C8H15NO/c1-8(9-2)5-3-7(10)4-6-8/h9H,3-6H2,1-2H3. The van der Waals surface area contributed by atoms with Crippen molar-refractivity contribution in [2.75, 3.05) is 7.05 Å². The highest BCUT2D eigenvalue weighted by molar-refractivity contribution is 5.79. The number of ketones is 1. The van der Waals surface area contributed by atoms with E-state index in [2.05, 4.69) is 12.2 Å². The minimum atomic E-state index is 0.230. The number of carbonyl (C=O) groups is 1. The van der Waals surface area contributed by atoms with Crippen molar-refractivity contribution in [2.24, 2.45) is 0 Å². The number of carbonyl (C=O) groups excluding carboxylic acids is 1. The summed E-state index contributed by atoms with van der Waals surface area (Å²) in [6, 6.07) is 0. The van der Waals surface area contributed by atoms with Crippen LogP contribution in [0.15, 0.2) is 0 Å². The Morgan fingerprint density at radius 2 is 1.90 bits per heavy atom. The molecule has 0 spiro atoms. The van der Waals surface area contributed by atoms with Crippen LogP contribution < -0.4 is 5.32 Å². The number of hydrogen-bond donors (Lipinski definition) is 1. The Morgan fingerprint density at radius 3 is 2.30 bits per heavy atom. The largest absolute Gasteiger partial charge is 0.315 e. The first kappa shape index (κ1) is 7.73. The van der Waals surface area contributed by atoms with Crippen molar-refractivity contribution in [3.8, 4) is 0 Å². The van der Waals surface area contributed by atoms with Crippen LogP contribution in [0.1, 0.15) is 32.6 Å². The smallest absolute Gasteiger partial charge is 0.133 e. The van der Waals surface area contributed by atoms with Gasteiger partial charge in [0.1, 0.15) is 5.78 Å². The highest BCUT2D eigenvalue weighted by Gasteiger charge is 2.27. The van der Waals surface area contributed by atoms with Gasteiger partial charge in [0.2, 0.25) is 0 Å². The molecule has 0 aromatic carbocycles. The lowest BCUT2D eigenvalue weighted by Crippen LogP contribution is -2.42. The molecule has 2 heteroatoms. The van der Waals surface area contributed by atoms with E-state index >= 15 is 0 Å². The van der Waals surface area contributed by atoms with Crippen molar-refractivity contribution in [3.63, 3.8) is 0 Å². The normalized spacial score (nSPS) is 24.8. The SMILES string of the molecule is CNC1(C)CCC(=O)CC1. The molecule has 58 valence electrons. The van der Waals surface area contributed by atoms with Crippen molar-refractivity contribution < 1.29 is 4.79 Å². The minimum Gasteiger partial charge on any atom is -0.315 e. The molecule has 1 fully saturated rings. The summed E-state index contributed by atoms with van der Waals surface area (Å²) in [5.41, 5.74) is 0.230. The van der Waals surface area contributed by atoms with E-state index in [-0.39, 0.29) is 5.54 Å². The summed E-state index contributed by atoms with van der Waals surface area (Å²) in [7, 11) is 1.97. The van der Waals surface area contributed by atoms with Gasteiger partial charge >= 0.3 is 0 Å². The fourth-order valence-electron chi connectivity index (χ4n) is 1.33. The number of Topliss-reactive ketones (excluding diaryl/α,β-unsaturated/α-hetero) is 1. The Kier molecular flexibility index (Phi) is 2.09. The summed E-state index contributed by atoms with van der Waals surface area (Å²) in [4.78, 5) is 10.8. The van der Waals surface area contributed by atoms with Crippen LogP contribution in [0.3, 0.4) is 0 Å². The number of rotatable bonds is 1. The first-order valence-corrected chi connectivity index (χ1v) is 3.87. The molecule has 0 amide bonds. The fraction of sp³-hybridized carbons (Fsp3) is 0.875. The van der Waals surface area contributed by atoms with Gasteiger partial charge in [-0.2, -0.15) is 0 Å². The van der Waals surface area contributed by atoms with Gasteiger partial charge in [0.05, 0.1) is 0 Å². The van der Waals surface area contributed by atoms with E-state index < -0.39 is 0 Å². The van der Waals surface area contributed by atoms with Crippen molar-refractivity contribution in [1.29, 1.82) is 0 Å². The summed E-state index contributed by atoms with van der Waals surface area (Å²) >= 11 is 0. The van der Waals surface area contributed by atoms with Gasteiger partial charge < -0.3 is 5.32 Å². The Bertz CT molecular complexity index is 132. The van der Waals surface area contributed by atoms with Gasteiger partial charge in [0.15, 0.2) is 0 Å². The molecular weight excluding hydrogens is 126 g/mol. The molecule has 0 aliphatic heterocycles. The Labute approximate surface area is 62.0 Å². The third-order valence-electron chi connectivity index (χ3n) is 2.51. The molecule has 0 heterocycles. The van der Waals surface area contributed by atoms with Gasteiger partial charge in [-0.3, -0.25) is 4.79 Å². The van der Waals surface area contributed by atoms with Gasteiger partial charge in [-0.25, -0.2) is 0 Å². The lowest BCUT2D eigenvalue weighted by molar-refractivity contribution is -0.121. The molecule has 1 rings (SSSR count). The molecule has 0 unspecified atom stereocenters. The van der Waals surface area contributed by atoms with E-state index in [1.54, 1.807) is 0 Å². The molecule has 1 N–H and O–H groups in total. The zero-order valence-electron chi connectivity index (χ0n) is 6.74. The van der Waals surface area contributed by atoms with E-state index in [9.17, 15) is 4.79 Å². The van der Waals surface area contributed by atoms with Crippen LogP contribution in [0.4, 0.5) is 0 Å². The molecule has 0 saturated heterocycles. The summed E-state index contributed by atoms with van der Waals surface area (Å²) in [6.07, 6.45) is 3.53. The zero-order valence-corrected chi connectivity index (χ0v) is 6.74. The van der Waals surface area contributed by atoms with E-state index in [0.29, 0.717) is 5.78 Å². The average Bonchev–Trinajstić information content (AvgIpc) is 1.96. The maximum atomic E-state index is 10.8. The highest BCUT2D eigenvalue weighted by atomic mass is 16.1. The number of hydrogen-bond acceptors (Lipinski definition) is 2. The van der Waals surface area contributed by atoms with Crippen LogP contribution in [-0.4, -0.2) is 18.4 Å². The van der Waals surface area contributed by atoms with Gasteiger partial charge in [-0.1, -0.05) is 0 Å².